The molecule has 0 radical (unpaired) electrons. The van der Waals surface area contributed by atoms with Gasteiger partial charge in [0, 0.05) is 31.4 Å². The number of amides is 1. The van der Waals surface area contributed by atoms with Gasteiger partial charge in [0.1, 0.15) is 11.5 Å². The Labute approximate surface area is 187 Å². The van der Waals surface area contributed by atoms with E-state index < -0.39 is 10.8 Å². The number of thiazole rings is 1. The SMILES string of the molecule is COCCn1c(=NC(=O)c2cccc(Oc3ccccc3)c2)sc2ccc([N+](=O)[O-])cc21. The zero-order chi connectivity index (χ0) is 22.5. The summed E-state index contributed by atoms with van der Waals surface area (Å²) in [6, 6.07) is 20.7. The Morgan fingerprint density at radius 1 is 1.06 bits per heavy atom. The van der Waals surface area contributed by atoms with E-state index in [0.717, 1.165) is 4.70 Å². The topological polar surface area (TPSA) is 96.0 Å². The zero-order valence-corrected chi connectivity index (χ0v) is 18.0. The maximum Gasteiger partial charge on any atom is 0.279 e. The number of aromatic nitrogens is 1. The standard InChI is InChI=1S/C23H19N3O5S/c1-30-13-12-25-20-15-17(26(28)29)10-11-21(20)32-23(25)24-22(27)16-6-5-9-19(14-16)31-18-7-3-2-4-8-18/h2-11,14-15H,12-13H2,1H3. The van der Waals surface area contributed by atoms with Crippen LogP contribution in [0.25, 0.3) is 10.2 Å². The fraction of sp³-hybridized carbons (Fsp3) is 0.130. The Morgan fingerprint density at radius 3 is 2.59 bits per heavy atom. The van der Waals surface area contributed by atoms with Gasteiger partial charge in [0.25, 0.3) is 11.6 Å². The number of non-ortho nitro benzene ring substituents is 1. The average molecular weight is 449 g/mol. The predicted octanol–water partition coefficient (Wildman–Crippen LogP) is 4.79. The van der Waals surface area contributed by atoms with Gasteiger partial charge in [-0.25, -0.2) is 0 Å². The van der Waals surface area contributed by atoms with Crippen LogP contribution >= 0.6 is 11.3 Å². The molecular weight excluding hydrogens is 430 g/mol. The summed E-state index contributed by atoms with van der Waals surface area (Å²) in [6.45, 7) is 0.775. The number of nitrogens with zero attached hydrogens (tertiary/aromatic N) is 3. The first-order chi connectivity index (χ1) is 15.5. The van der Waals surface area contributed by atoms with Crippen molar-refractivity contribution in [3.8, 4) is 11.5 Å². The van der Waals surface area contributed by atoms with Crippen molar-refractivity contribution in [3.05, 3.63) is 93.3 Å². The third kappa shape index (κ3) is 4.74. The van der Waals surface area contributed by atoms with Crippen LogP contribution in [0, 0.1) is 10.1 Å². The maximum absolute atomic E-state index is 12.9. The molecular formula is C23H19N3O5S. The molecule has 0 aliphatic rings. The van der Waals surface area contributed by atoms with Gasteiger partial charge < -0.3 is 14.0 Å². The van der Waals surface area contributed by atoms with Gasteiger partial charge in [-0.2, -0.15) is 4.99 Å². The minimum atomic E-state index is -0.446. The van der Waals surface area contributed by atoms with E-state index in [2.05, 4.69) is 4.99 Å². The number of ether oxygens (including phenoxy) is 2. The van der Waals surface area contributed by atoms with Crippen molar-refractivity contribution in [2.24, 2.45) is 4.99 Å². The number of fused-ring (bicyclic) bond motifs is 1. The minimum Gasteiger partial charge on any atom is -0.457 e. The fourth-order valence-electron chi connectivity index (χ4n) is 3.12. The minimum absolute atomic E-state index is 0.0231. The largest absolute Gasteiger partial charge is 0.457 e. The van der Waals surface area contributed by atoms with E-state index in [1.165, 1.54) is 23.5 Å². The van der Waals surface area contributed by atoms with Gasteiger partial charge in [-0.05, 0) is 36.4 Å². The molecule has 8 nitrogen and oxygen atoms in total. The average Bonchev–Trinajstić information content (AvgIpc) is 3.14. The van der Waals surface area contributed by atoms with E-state index in [1.807, 2.05) is 30.3 Å². The molecule has 0 N–H and O–H groups in total. The number of nitro benzene ring substituents is 1. The fourth-order valence-corrected chi connectivity index (χ4v) is 4.16. The Hall–Kier alpha value is -3.82. The molecule has 32 heavy (non-hydrogen) atoms. The molecule has 1 aromatic heterocycles. The second-order valence-electron chi connectivity index (χ2n) is 6.80. The summed E-state index contributed by atoms with van der Waals surface area (Å²) in [5.74, 6) is 0.754. The van der Waals surface area contributed by atoms with Gasteiger partial charge in [-0.1, -0.05) is 35.6 Å². The first kappa shape index (κ1) is 21.4. The molecule has 0 aliphatic heterocycles. The molecule has 1 heterocycles. The first-order valence-corrected chi connectivity index (χ1v) is 10.6. The lowest BCUT2D eigenvalue weighted by Gasteiger charge is -2.06. The molecule has 0 saturated carbocycles. The van der Waals surface area contributed by atoms with Gasteiger partial charge >= 0.3 is 0 Å². The van der Waals surface area contributed by atoms with Crippen molar-refractivity contribution in [1.82, 2.24) is 4.57 Å². The smallest absolute Gasteiger partial charge is 0.279 e. The van der Waals surface area contributed by atoms with Crippen LogP contribution in [0.5, 0.6) is 11.5 Å². The van der Waals surface area contributed by atoms with Crippen LogP contribution in [0.1, 0.15) is 10.4 Å². The van der Waals surface area contributed by atoms with Crippen LogP contribution in [0.3, 0.4) is 0 Å². The third-order valence-electron chi connectivity index (χ3n) is 4.65. The molecule has 0 fully saturated rings. The summed E-state index contributed by atoms with van der Waals surface area (Å²) in [5, 5.41) is 11.2. The highest BCUT2D eigenvalue weighted by molar-refractivity contribution is 7.16. The molecule has 0 atom stereocenters. The molecule has 9 heteroatoms. The number of carbonyl (C=O) groups is 1. The molecule has 4 rings (SSSR count). The number of methoxy groups -OCH3 is 1. The molecule has 3 aromatic carbocycles. The van der Waals surface area contributed by atoms with Crippen molar-refractivity contribution in [3.63, 3.8) is 0 Å². The van der Waals surface area contributed by atoms with Crippen molar-refractivity contribution in [2.75, 3.05) is 13.7 Å². The monoisotopic (exact) mass is 449 g/mol. The molecule has 4 aromatic rings. The number of para-hydroxylation sites is 1. The Balaban J connectivity index is 1.71. The number of nitro groups is 1. The Morgan fingerprint density at radius 2 is 1.84 bits per heavy atom. The molecule has 162 valence electrons. The van der Waals surface area contributed by atoms with Gasteiger partial charge in [0.05, 0.1) is 21.7 Å². The van der Waals surface area contributed by atoms with Crippen LogP contribution in [0.2, 0.25) is 0 Å². The number of hydrogen-bond donors (Lipinski definition) is 0. The van der Waals surface area contributed by atoms with Crippen LogP contribution < -0.4 is 9.54 Å². The van der Waals surface area contributed by atoms with Gasteiger partial charge in [0.2, 0.25) is 0 Å². The number of carbonyl (C=O) groups excluding carboxylic acids is 1. The van der Waals surface area contributed by atoms with Crippen molar-refractivity contribution >= 4 is 33.1 Å². The zero-order valence-electron chi connectivity index (χ0n) is 17.1. The third-order valence-corrected chi connectivity index (χ3v) is 5.71. The number of benzene rings is 3. The number of rotatable bonds is 7. The predicted molar refractivity (Wildman–Crippen MR) is 121 cm³/mol. The molecule has 0 saturated heterocycles. The molecule has 0 spiro atoms. The highest BCUT2D eigenvalue weighted by Crippen LogP contribution is 2.24. The van der Waals surface area contributed by atoms with E-state index in [0.29, 0.717) is 40.5 Å². The normalized spacial score (nSPS) is 11.6. The van der Waals surface area contributed by atoms with E-state index >= 15 is 0 Å². The Kier molecular flexibility index (Phi) is 6.39. The van der Waals surface area contributed by atoms with Crippen LogP contribution in [0.15, 0.2) is 77.8 Å². The van der Waals surface area contributed by atoms with Crippen LogP contribution in [-0.4, -0.2) is 29.1 Å². The molecule has 0 bridgehead atoms. The first-order valence-electron chi connectivity index (χ1n) is 9.74. The molecule has 0 unspecified atom stereocenters. The lowest BCUT2D eigenvalue weighted by atomic mass is 10.2. The van der Waals surface area contributed by atoms with E-state index in [4.69, 9.17) is 9.47 Å². The van der Waals surface area contributed by atoms with Crippen LogP contribution in [-0.2, 0) is 11.3 Å². The van der Waals surface area contributed by atoms with Crippen molar-refractivity contribution in [1.29, 1.82) is 0 Å². The molecule has 0 aliphatic carbocycles. The van der Waals surface area contributed by atoms with Crippen molar-refractivity contribution < 1.29 is 19.2 Å². The summed E-state index contributed by atoms with van der Waals surface area (Å²) < 4.78 is 13.5. The van der Waals surface area contributed by atoms with Crippen molar-refractivity contribution in [2.45, 2.75) is 6.54 Å². The lowest BCUT2D eigenvalue weighted by molar-refractivity contribution is -0.384. The van der Waals surface area contributed by atoms with E-state index in [-0.39, 0.29) is 5.69 Å². The van der Waals surface area contributed by atoms with Crippen LogP contribution in [0.4, 0.5) is 5.69 Å². The quantitative estimate of drug-likeness (QED) is 0.299. The summed E-state index contributed by atoms with van der Waals surface area (Å²) >= 11 is 1.29. The summed E-state index contributed by atoms with van der Waals surface area (Å²) in [5.41, 5.74) is 0.985. The maximum atomic E-state index is 12.9. The Bertz CT molecular complexity index is 1340. The van der Waals surface area contributed by atoms with E-state index in [1.54, 1.807) is 42.0 Å². The summed E-state index contributed by atoms with van der Waals surface area (Å²) in [4.78, 5) is 28.4. The second-order valence-corrected chi connectivity index (χ2v) is 7.81. The van der Waals surface area contributed by atoms with Gasteiger partial charge in [-0.3, -0.25) is 14.9 Å². The highest BCUT2D eigenvalue weighted by Gasteiger charge is 2.14. The highest BCUT2D eigenvalue weighted by atomic mass is 32.1. The second kappa shape index (κ2) is 9.54. The lowest BCUT2D eigenvalue weighted by Crippen LogP contribution is -2.19. The number of hydrogen-bond acceptors (Lipinski definition) is 6. The summed E-state index contributed by atoms with van der Waals surface area (Å²) in [7, 11) is 1.57. The van der Waals surface area contributed by atoms with Gasteiger partial charge in [0.15, 0.2) is 4.80 Å². The van der Waals surface area contributed by atoms with E-state index in [9.17, 15) is 14.9 Å². The summed E-state index contributed by atoms with van der Waals surface area (Å²) in [6.07, 6.45) is 0. The van der Waals surface area contributed by atoms with Gasteiger partial charge in [-0.15, -0.1) is 0 Å². The molecule has 1 amide bonds.